The number of aliphatic carboxylic acids is 1. The highest BCUT2D eigenvalue weighted by atomic mass is 35.5. The van der Waals surface area contributed by atoms with E-state index in [1.807, 2.05) is 0 Å². The molecule has 1 rings (SSSR count). The number of ether oxygens (including phenoxy) is 2. The minimum Gasteiger partial charge on any atom is -0.488 e. The van der Waals surface area contributed by atoms with Gasteiger partial charge in [0.25, 0.3) is 0 Å². The van der Waals surface area contributed by atoms with Gasteiger partial charge in [-0.2, -0.15) is 0 Å². The molecule has 0 radical (unpaired) electrons. The first kappa shape index (κ1) is 19.0. The maximum absolute atomic E-state index is 12.0. The predicted molar refractivity (Wildman–Crippen MR) is 81.3 cm³/mol. The van der Waals surface area contributed by atoms with Gasteiger partial charge in [-0.25, -0.2) is 13.1 Å². The van der Waals surface area contributed by atoms with Gasteiger partial charge in [0.2, 0.25) is 10.0 Å². The molecule has 0 saturated carbocycles. The van der Waals surface area contributed by atoms with Gasteiger partial charge < -0.3 is 14.6 Å². The van der Waals surface area contributed by atoms with Crippen molar-refractivity contribution in [3.8, 4) is 5.75 Å². The summed E-state index contributed by atoms with van der Waals surface area (Å²) in [6.45, 7) is 0.293. The quantitative estimate of drug-likeness (QED) is 0.641. The molecule has 0 fully saturated rings. The highest BCUT2D eigenvalue weighted by molar-refractivity contribution is 7.89. The number of hydrogen-bond donors (Lipinski definition) is 2. The van der Waals surface area contributed by atoms with Crippen LogP contribution in [0.4, 0.5) is 0 Å². The Morgan fingerprint density at radius 3 is 2.36 bits per heavy atom. The van der Waals surface area contributed by atoms with Gasteiger partial charge in [0.1, 0.15) is 6.61 Å². The van der Waals surface area contributed by atoms with Crippen LogP contribution in [0.3, 0.4) is 0 Å². The fourth-order valence-electron chi connectivity index (χ4n) is 1.43. The van der Waals surface area contributed by atoms with Gasteiger partial charge >= 0.3 is 5.97 Å². The number of hydrogen-bond acceptors (Lipinski definition) is 5. The van der Waals surface area contributed by atoms with Crippen LogP contribution in [0, 0.1) is 0 Å². The summed E-state index contributed by atoms with van der Waals surface area (Å²) in [5.74, 6) is -0.953. The molecule has 0 bridgehead atoms. The molecule has 7 nitrogen and oxygen atoms in total. The van der Waals surface area contributed by atoms with Crippen LogP contribution in [-0.2, 0) is 19.6 Å². The van der Waals surface area contributed by atoms with Crippen molar-refractivity contribution < 1.29 is 27.8 Å². The van der Waals surface area contributed by atoms with Crippen LogP contribution < -0.4 is 9.46 Å². The molecule has 0 aliphatic heterocycles. The third-order valence-corrected chi connectivity index (χ3v) is 4.45. The number of sulfonamides is 1. The van der Waals surface area contributed by atoms with E-state index in [9.17, 15) is 13.2 Å². The second kappa shape index (κ2) is 8.54. The molecule has 0 saturated heterocycles. The number of halogens is 2. The van der Waals surface area contributed by atoms with Crippen LogP contribution in [0.1, 0.15) is 6.42 Å². The molecule has 0 heterocycles. The summed E-state index contributed by atoms with van der Waals surface area (Å²) in [6, 6.07) is 2.36. The van der Waals surface area contributed by atoms with Gasteiger partial charge in [-0.3, -0.25) is 4.79 Å². The van der Waals surface area contributed by atoms with Crippen molar-refractivity contribution in [1.29, 1.82) is 0 Å². The molecule has 1 aromatic carbocycles. The van der Waals surface area contributed by atoms with Crippen LogP contribution >= 0.6 is 23.2 Å². The third-order valence-electron chi connectivity index (χ3n) is 2.45. The first-order valence-electron chi connectivity index (χ1n) is 6.10. The lowest BCUT2D eigenvalue weighted by Crippen LogP contribution is -2.26. The summed E-state index contributed by atoms with van der Waals surface area (Å²) < 4.78 is 36.3. The number of carboxylic acid groups (broad SMARTS) is 1. The SMILES string of the molecule is COCCOc1c(Cl)cc(S(=O)(=O)NCCC(=O)O)cc1Cl. The van der Waals surface area contributed by atoms with E-state index in [0.717, 1.165) is 0 Å². The number of nitrogens with one attached hydrogen (secondary N) is 1. The number of rotatable bonds is 9. The standard InChI is InChI=1S/C12H15Cl2NO6S/c1-20-4-5-21-12-9(13)6-8(7-10(12)14)22(18,19)15-3-2-11(16)17/h6-7,15H,2-5H2,1H3,(H,16,17). The molecule has 0 spiro atoms. The first-order chi connectivity index (χ1) is 10.3. The Morgan fingerprint density at radius 2 is 1.86 bits per heavy atom. The second-order valence-corrected chi connectivity index (χ2v) is 6.68. The average Bonchev–Trinajstić information content (AvgIpc) is 2.41. The predicted octanol–water partition coefficient (Wildman–Crippen LogP) is 1.77. The molecule has 0 aliphatic rings. The van der Waals surface area contributed by atoms with Crippen molar-refractivity contribution in [2.24, 2.45) is 0 Å². The second-order valence-electron chi connectivity index (χ2n) is 4.10. The monoisotopic (exact) mass is 371 g/mol. The van der Waals surface area contributed by atoms with Gasteiger partial charge in [-0.1, -0.05) is 23.2 Å². The van der Waals surface area contributed by atoms with Crippen molar-refractivity contribution in [2.45, 2.75) is 11.3 Å². The van der Waals surface area contributed by atoms with E-state index in [0.29, 0.717) is 6.61 Å². The lowest BCUT2D eigenvalue weighted by molar-refractivity contribution is -0.136. The van der Waals surface area contributed by atoms with E-state index in [1.54, 1.807) is 0 Å². The molecule has 2 N–H and O–H groups in total. The Bertz CT molecular complexity index is 611. The van der Waals surface area contributed by atoms with Crippen LogP contribution in [0.25, 0.3) is 0 Å². The number of methoxy groups -OCH3 is 1. The normalized spacial score (nSPS) is 11.4. The van der Waals surface area contributed by atoms with Gasteiger partial charge in [0, 0.05) is 13.7 Å². The summed E-state index contributed by atoms with van der Waals surface area (Å²) in [7, 11) is -2.40. The van der Waals surface area contributed by atoms with Gasteiger partial charge in [-0.15, -0.1) is 0 Å². The van der Waals surface area contributed by atoms with Crippen LogP contribution in [0.15, 0.2) is 17.0 Å². The zero-order chi connectivity index (χ0) is 16.8. The number of benzene rings is 1. The molecule has 0 atom stereocenters. The molecule has 0 amide bonds. The smallest absolute Gasteiger partial charge is 0.304 e. The summed E-state index contributed by atoms with van der Waals surface area (Å²) in [6.07, 6.45) is -0.334. The fraction of sp³-hybridized carbons (Fsp3) is 0.417. The highest BCUT2D eigenvalue weighted by Gasteiger charge is 2.19. The summed E-state index contributed by atoms with van der Waals surface area (Å²) in [5.41, 5.74) is 0. The lowest BCUT2D eigenvalue weighted by Gasteiger charge is -2.12. The maximum atomic E-state index is 12.0. The summed E-state index contributed by atoms with van der Waals surface area (Å²) in [5, 5.41) is 8.56. The first-order valence-corrected chi connectivity index (χ1v) is 8.34. The van der Waals surface area contributed by atoms with E-state index in [2.05, 4.69) is 4.72 Å². The average molecular weight is 372 g/mol. The summed E-state index contributed by atoms with van der Waals surface area (Å²) >= 11 is 11.9. The lowest BCUT2D eigenvalue weighted by atomic mass is 10.3. The van der Waals surface area contributed by atoms with Crippen molar-refractivity contribution >= 4 is 39.2 Å². The van der Waals surface area contributed by atoms with Crippen molar-refractivity contribution in [1.82, 2.24) is 4.72 Å². The molecular formula is C12H15Cl2NO6S. The largest absolute Gasteiger partial charge is 0.488 e. The molecule has 124 valence electrons. The van der Waals surface area contributed by atoms with E-state index in [-0.39, 0.29) is 40.3 Å². The highest BCUT2D eigenvalue weighted by Crippen LogP contribution is 2.35. The van der Waals surface area contributed by atoms with Crippen LogP contribution in [-0.4, -0.2) is 46.4 Å². The number of carboxylic acids is 1. The Hall–Kier alpha value is -1.06. The molecule has 22 heavy (non-hydrogen) atoms. The van der Waals surface area contributed by atoms with Gasteiger partial charge in [0.15, 0.2) is 5.75 Å². The molecular weight excluding hydrogens is 357 g/mol. The topological polar surface area (TPSA) is 102 Å². The fourth-order valence-corrected chi connectivity index (χ4v) is 3.24. The van der Waals surface area contributed by atoms with Crippen LogP contribution in [0.2, 0.25) is 10.0 Å². The van der Waals surface area contributed by atoms with E-state index in [1.165, 1.54) is 19.2 Å². The number of carbonyl (C=O) groups is 1. The van der Waals surface area contributed by atoms with Gasteiger partial charge in [-0.05, 0) is 12.1 Å². The van der Waals surface area contributed by atoms with E-state index < -0.39 is 16.0 Å². The molecule has 10 heteroatoms. The van der Waals surface area contributed by atoms with Crippen molar-refractivity contribution in [3.63, 3.8) is 0 Å². The molecule has 0 unspecified atom stereocenters. The molecule has 1 aromatic rings. The maximum Gasteiger partial charge on any atom is 0.304 e. The molecule has 0 aromatic heterocycles. The van der Waals surface area contributed by atoms with Crippen molar-refractivity contribution in [3.05, 3.63) is 22.2 Å². The minimum atomic E-state index is -3.91. The Morgan fingerprint density at radius 1 is 1.27 bits per heavy atom. The zero-order valence-corrected chi connectivity index (χ0v) is 14.0. The van der Waals surface area contributed by atoms with Gasteiger partial charge in [0.05, 0.1) is 28.0 Å². The van der Waals surface area contributed by atoms with Crippen LogP contribution in [0.5, 0.6) is 5.75 Å². The zero-order valence-electron chi connectivity index (χ0n) is 11.6. The molecule has 0 aliphatic carbocycles. The van der Waals surface area contributed by atoms with E-state index >= 15 is 0 Å². The van der Waals surface area contributed by atoms with E-state index in [4.69, 9.17) is 37.8 Å². The third kappa shape index (κ3) is 5.62. The Balaban J connectivity index is 2.90. The van der Waals surface area contributed by atoms with Crippen molar-refractivity contribution in [2.75, 3.05) is 26.9 Å². The Labute approximate surface area is 138 Å². The Kier molecular flexibility index (Phi) is 7.37. The summed E-state index contributed by atoms with van der Waals surface area (Å²) in [4.78, 5) is 10.2. The minimum absolute atomic E-state index is 0.0298.